The number of carbonyl (C=O) groups is 1. The van der Waals surface area contributed by atoms with Gasteiger partial charge in [-0.05, 0) is 33.6 Å². The van der Waals surface area contributed by atoms with E-state index >= 15 is 0 Å². The molecule has 2 aromatic carbocycles. The summed E-state index contributed by atoms with van der Waals surface area (Å²) in [5, 5.41) is 11.3. The third-order valence-corrected chi connectivity index (χ3v) is 3.52. The Kier molecular flexibility index (Phi) is 5.11. The molecule has 0 saturated carbocycles. The molecule has 0 heterocycles. The first-order valence-electron chi connectivity index (χ1n) is 6.26. The first-order chi connectivity index (χ1) is 10.5. The molecule has 0 aliphatic heterocycles. The van der Waals surface area contributed by atoms with E-state index < -0.39 is 16.6 Å². The maximum Gasteiger partial charge on any atom is 0.345 e. The lowest BCUT2D eigenvalue weighted by molar-refractivity contribution is -0.386. The summed E-state index contributed by atoms with van der Waals surface area (Å²) in [7, 11) is 1.17. The lowest BCUT2D eigenvalue weighted by Gasteiger charge is -2.11. The molecule has 7 heteroatoms. The predicted octanol–water partition coefficient (Wildman–Crippen LogP) is 3.72. The topological polar surface area (TPSA) is 78.7 Å². The van der Waals surface area contributed by atoms with Crippen LogP contribution in [0.5, 0.6) is 5.75 Å². The van der Waals surface area contributed by atoms with Crippen molar-refractivity contribution in [3.63, 3.8) is 0 Å². The third kappa shape index (κ3) is 3.43. The van der Waals surface area contributed by atoms with Crippen LogP contribution in [0.15, 0.2) is 46.9 Å². The quantitative estimate of drug-likeness (QED) is 0.458. The fourth-order valence-corrected chi connectivity index (χ4v) is 2.30. The van der Waals surface area contributed by atoms with E-state index in [1.807, 2.05) is 30.3 Å². The van der Waals surface area contributed by atoms with Crippen LogP contribution in [0.1, 0.15) is 15.9 Å². The standard InChI is InChI=1S/C15H12BrNO5/c1-21-15(18)11-7-8-12(16)14(13(11)17(19)20)22-9-10-5-3-2-4-6-10/h2-8H,9H2,1H3. The molecule has 0 aromatic heterocycles. The van der Waals surface area contributed by atoms with Gasteiger partial charge in [0.05, 0.1) is 16.5 Å². The van der Waals surface area contributed by atoms with E-state index in [1.165, 1.54) is 19.2 Å². The first-order valence-corrected chi connectivity index (χ1v) is 7.05. The Labute approximate surface area is 134 Å². The molecule has 0 spiro atoms. The lowest BCUT2D eigenvalue weighted by Crippen LogP contribution is -2.08. The van der Waals surface area contributed by atoms with Crippen molar-refractivity contribution in [3.05, 3.63) is 68.2 Å². The highest BCUT2D eigenvalue weighted by molar-refractivity contribution is 9.10. The zero-order valence-electron chi connectivity index (χ0n) is 11.6. The molecule has 0 radical (unpaired) electrons. The third-order valence-electron chi connectivity index (χ3n) is 2.90. The molecule has 114 valence electrons. The lowest BCUT2D eigenvalue weighted by atomic mass is 10.1. The summed E-state index contributed by atoms with van der Waals surface area (Å²) >= 11 is 3.21. The molecular formula is C15H12BrNO5. The number of nitro groups is 1. The van der Waals surface area contributed by atoms with Crippen LogP contribution in [0, 0.1) is 10.1 Å². The summed E-state index contributed by atoms with van der Waals surface area (Å²) < 4.78 is 10.5. The Balaban J connectivity index is 2.40. The number of esters is 1. The Morgan fingerprint density at radius 2 is 1.91 bits per heavy atom. The Hall–Kier alpha value is -2.41. The highest BCUT2D eigenvalue weighted by Crippen LogP contribution is 2.38. The van der Waals surface area contributed by atoms with Crippen molar-refractivity contribution >= 4 is 27.6 Å². The maximum atomic E-state index is 11.7. The maximum absolute atomic E-state index is 11.7. The van der Waals surface area contributed by atoms with Crippen LogP contribution in [0.25, 0.3) is 0 Å². The van der Waals surface area contributed by atoms with Crippen LogP contribution >= 0.6 is 15.9 Å². The monoisotopic (exact) mass is 365 g/mol. The number of halogens is 1. The molecule has 22 heavy (non-hydrogen) atoms. The Morgan fingerprint density at radius 3 is 2.50 bits per heavy atom. The number of methoxy groups -OCH3 is 1. The van der Waals surface area contributed by atoms with Gasteiger partial charge in [0.2, 0.25) is 5.75 Å². The van der Waals surface area contributed by atoms with Crippen LogP contribution in [-0.2, 0) is 11.3 Å². The van der Waals surface area contributed by atoms with Crippen LogP contribution in [0.3, 0.4) is 0 Å². The highest BCUT2D eigenvalue weighted by Gasteiger charge is 2.28. The zero-order valence-corrected chi connectivity index (χ0v) is 13.2. The number of rotatable bonds is 5. The number of carbonyl (C=O) groups excluding carboxylic acids is 1. The van der Waals surface area contributed by atoms with Crippen LogP contribution in [0.4, 0.5) is 5.69 Å². The average molecular weight is 366 g/mol. The van der Waals surface area contributed by atoms with Gasteiger partial charge in [-0.1, -0.05) is 30.3 Å². The molecule has 0 unspecified atom stereocenters. The number of ether oxygens (including phenoxy) is 2. The summed E-state index contributed by atoms with van der Waals surface area (Å²) in [5.41, 5.74) is 0.281. The largest absolute Gasteiger partial charge is 0.481 e. The summed E-state index contributed by atoms with van der Waals surface area (Å²) in [6.45, 7) is 0.144. The summed E-state index contributed by atoms with van der Waals surface area (Å²) in [6, 6.07) is 12.1. The molecule has 0 aliphatic carbocycles. The van der Waals surface area contributed by atoms with Crippen LogP contribution in [0.2, 0.25) is 0 Å². The van der Waals surface area contributed by atoms with Crippen molar-refractivity contribution in [2.24, 2.45) is 0 Å². The number of hydrogen-bond acceptors (Lipinski definition) is 5. The smallest absolute Gasteiger partial charge is 0.345 e. The van der Waals surface area contributed by atoms with Crippen LogP contribution < -0.4 is 4.74 Å². The second-order valence-electron chi connectivity index (χ2n) is 4.30. The molecule has 0 saturated heterocycles. The predicted molar refractivity (Wildman–Crippen MR) is 82.9 cm³/mol. The number of hydrogen-bond donors (Lipinski definition) is 0. The molecule has 2 rings (SSSR count). The minimum atomic E-state index is -0.788. The molecule has 0 amide bonds. The minimum Gasteiger partial charge on any atom is -0.481 e. The number of nitro benzene ring substituents is 1. The van der Waals surface area contributed by atoms with Gasteiger partial charge in [-0.3, -0.25) is 10.1 Å². The molecular weight excluding hydrogens is 354 g/mol. The van der Waals surface area contributed by atoms with Gasteiger partial charge in [0.15, 0.2) is 0 Å². The number of nitrogens with zero attached hydrogens (tertiary/aromatic N) is 1. The molecule has 0 fully saturated rings. The second-order valence-corrected chi connectivity index (χ2v) is 5.15. The van der Waals surface area contributed by atoms with E-state index in [9.17, 15) is 14.9 Å². The van der Waals surface area contributed by atoms with Gasteiger partial charge in [0, 0.05) is 0 Å². The van der Waals surface area contributed by atoms with E-state index in [0.29, 0.717) is 4.47 Å². The average Bonchev–Trinajstić information content (AvgIpc) is 2.53. The van der Waals surface area contributed by atoms with Crippen molar-refractivity contribution in [2.45, 2.75) is 6.61 Å². The van der Waals surface area contributed by atoms with Crippen molar-refractivity contribution in [2.75, 3.05) is 7.11 Å². The van der Waals surface area contributed by atoms with Crippen LogP contribution in [-0.4, -0.2) is 18.0 Å². The molecule has 2 aromatic rings. The summed E-state index contributed by atoms with van der Waals surface area (Å²) in [6.07, 6.45) is 0. The molecule has 0 N–H and O–H groups in total. The van der Waals surface area contributed by atoms with Crippen molar-refractivity contribution in [1.29, 1.82) is 0 Å². The number of benzene rings is 2. The molecule has 0 aliphatic rings. The molecule has 6 nitrogen and oxygen atoms in total. The first kappa shape index (κ1) is 16.0. The Morgan fingerprint density at radius 1 is 1.23 bits per heavy atom. The fourth-order valence-electron chi connectivity index (χ4n) is 1.87. The van der Waals surface area contributed by atoms with Gasteiger partial charge >= 0.3 is 11.7 Å². The van der Waals surface area contributed by atoms with Gasteiger partial charge in [-0.15, -0.1) is 0 Å². The Bertz CT molecular complexity index is 703. The molecule has 0 atom stereocenters. The summed E-state index contributed by atoms with van der Waals surface area (Å²) in [5.74, 6) is -0.791. The van der Waals surface area contributed by atoms with E-state index in [0.717, 1.165) is 5.56 Å². The van der Waals surface area contributed by atoms with E-state index in [4.69, 9.17) is 4.74 Å². The zero-order chi connectivity index (χ0) is 16.1. The van der Waals surface area contributed by atoms with Gasteiger partial charge in [-0.2, -0.15) is 0 Å². The van der Waals surface area contributed by atoms with Gasteiger partial charge in [0.25, 0.3) is 0 Å². The molecule has 0 bridgehead atoms. The SMILES string of the molecule is COC(=O)c1ccc(Br)c(OCc2ccccc2)c1[N+](=O)[O-]. The second kappa shape index (κ2) is 7.04. The fraction of sp³-hybridized carbons (Fsp3) is 0.133. The van der Waals surface area contributed by atoms with Crippen molar-refractivity contribution in [1.82, 2.24) is 0 Å². The van der Waals surface area contributed by atoms with Gasteiger partial charge < -0.3 is 9.47 Å². The normalized spacial score (nSPS) is 10.1. The van der Waals surface area contributed by atoms with E-state index in [2.05, 4.69) is 20.7 Å². The van der Waals surface area contributed by atoms with Crippen molar-refractivity contribution in [3.8, 4) is 5.75 Å². The van der Waals surface area contributed by atoms with Gasteiger partial charge in [0.1, 0.15) is 12.2 Å². The summed E-state index contributed by atoms with van der Waals surface area (Å²) in [4.78, 5) is 22.3. The van der Waals surface area contributed by atoms with E-state index in [1.54, 1.807) is 0 Å². The van der Waals surface area contributed by atoms with Crippen molar-refractivity contribution < 1.29 is 19.2 Å². The minimum absolute atomic E-state index is 0.00301. The van der Waals surface area contributed by atoms with Gasteiger partial charge in [-0.25, -0.2) is 4.79 Å². The van der Waals surface area contributed by atoms with E-state index in [-0.39, 0.29) is 17.9 Å². The highest BCUT2D eigenvalue weighted by atomic mass is 79.9.